The minimum atomic E-state index is -0.633. The number of nitrogens with zero attached hydrogens (tertiary/aromatic N) is 2. The van der Waals surface area contributed by atoms with Crippen LogP contribution >= 0.6 is 0 Å². The van der Waals surface area contributed by atoms with Gasteiger partial charge in [0.15, 0.2) is 6.61 Å². The van der Waals surface area contributed by atoms with Gasteiger partial charge in [-0.05, 0) is 18.9 Å². The number of benzene rings is 1. The van der Waals surface area contributed by atoms with Crippen LogP contribution in [0.4, 0.5) is 11.4 Å². The SMILES string of the molecule is CC(C)[C@@H](C)NC(=O)CO/N=C\C(=O)Nc1cccc([N+](=O)[O-])c1. The van der Waals surface area contributed by atoms with E-state index in [1.54, 1.807) is 0 Å². The van der Waals surface area contributed by atoms with Crippen LogP contribution in [0.5, 0.6) is 0 Å². The highest BCUT2D eigenvalue weighted by Crippen LogP contribution is 2.16. The van der Waals surface area contributed by atoms with Gasteiger partial charge in [-0.2, -0.15) is 0 Å². The summed E-state index contributed by atoms with van der Waals surface area (Å²) in [6, 6.07) is 5.47. The van der Waals surface area contributed by atoms with E-state index in [0.717, 1.165) is 6.21 Å². The molecule has 1 rings (SSSR count). The van der Waals surface area contributed by atoms with Crippen LogP contribution in [0.2, 0.25) is 0 Å². The number of non-ortho nitro benzene ring substituents is 1. The van der Waals surface area contributed by atoms with Crippen LogP contribution in [-0.2, 0) is 14.4 Å². The third kappa shape index (κ3) is 6.86. The van der Waals surface area contributed by atoms with Crippen LogP contribution in [0.3, 0.4) is 0 Å². The summed E-state index contributed by atoms with van der Waals surface area (Å²) in [7, 11) is 0. The molecule has 0 spiro atoms. The van der Waals surface area contributed by atoms with E-state index in [-0.39, 0.29) is 35.8 Å². The number of oxime groups is 1. The number of hydrogen-bond acceptors (Lipinski definition) is 6. The Bertz CT molecular complexity index is 630. The van der Waals surface area contributed by atoms with Crippen LogP contribution in [0, 0.1) is 16.0 Å². The summed E-state index contributed by atoms with van der Waals surface area (Å²) >= 11 is 0. The fourth-order valence-electron chi connectivity index (χ4n) is 1.52. The fourth-order valence-corrected chi connectivity index (χ4v) is 1.52. The van der Waals surface area contributed by atoms with E-state index in [2.05, 4.69) is 15.8 Å². The quantitative estimate of drug-likeness (QED) is 0.425. The van der Waals surface area contributed by atoms with Crippen molar-refractivity contribution in [2.45, 2.75) is 26.8 Å². The zero-order valence-electron chi connectivity index (χ0n) is 13.7. The number of nitro benzene ring substituents is 1. The molecule has 0 aliphatic rings. The van der Waals surface area contributed by atoms with Gasteiger partial charge in [-0.3, -0.25) is 19.7 Å². The zero-order chi connectivity index (χ0) is 18.1. The molecule has 9 nitrogen and oxygen atoms in total. The molecule has 0 heterocycles. The molecule has 0 fully saturated rings. The van der Waals surface area contributed by atoms with Gasteiger partial charge >= 0.3 is 0 Å². The summed E-state index contributed by atoms with van der Waals surface area (Å²) in [5.41, 5.74) is 0.112. The molecule has 130 valence electrons. The van der Waals surface area contributed by atoms with Gasteiger partial charge in [0, 0.05) is 23.9 Å². The van der Waals surface area contributed by atoms with Crippen LogP contribution < -0.4 is 10.6 Å². The third-order valence-corrected chi connectivity index (χ3v) is 3.15. The number of anilines is 1. The molecular weight excluding hydrogens is 316 g/mol. The van der Waals surface area contributed by atoms with Crippen molar-refractivity contribution >= 4 is 29.4 Å². The summed E-state index contributed by atoms with van der Waals surface area (Å²) in [5.74, 6) is -0.683. The van der Waals surface area contributed by atoms with Gasteiger partial charge in [-0.1, -0.05) is 25.1 Å². The Morgan fingerprint density at radius 2 is 2.08 bits per heavy atom. The van der Waals surface area contributed by atoms with Crippen molar-refractivity contribution in [2.75, 3.05) is 11.9 Å². The number of rotatable bonds is 8. The van der Waals surface area contributed by atoms with E-state index in [0.29, 0.717) is 0 Å². The summed E-state index contributed by atoms with van der Waals surface area (Å²) < 4.78 is 0. The number of hydrogen-bond donors (Lipinski definition) is 2. The standard InChI is InChI=1S/C15H20N4O5/c1-10(2)11(3)17-15(21)9-24-16-8-14(20)18-12-5-4-6-13(7-12)19(22)23/h4-8,10-11H,9H2,1-3H3,(H,17,21)(H,18,20)/b16-8-/t11-/m1/s1. The average Bonchev–Trinajstić information content (AvgIpc) is 2.51. The van der Waals surface area contributed by atoms with Gasteiger partial charge in [-0.25, -0.2) is 0 Å². The van der Waals surface area contributed by atoms with Crippen molar-refractivity contribution < 1.29 is 19.3 Å². The molecule has 1 atom stereocenters. The summed E-state index contributed by atoms with van der Waals surface area (Å²) in [6.07, 6.45) is 0.845. The Morgan fingerprint density at radius 3 is 2.71 bits per heavy atom. The predicted octanol–water partition coefficient (Wildman–Crippen LogP) is 1.70. The molecule has 2 amide bonds. The predicted molar refractivity (Wildman–Crippen MR) is 88.6 cm³/mol. The highest BCUT2D eigenvalue weighted by Gasteiger charge is 2.11. The average molecular weight is 336 g/mol. The Hall–Kier alpha value is -2.97. The first-order valence-corrected chi connectivity index (χ1v) is 7.29. The van der Waals surface area contributed by atoms with Crippen LogP contribution in [0.1, 0.15) is 20.8 Å². The molecule has 1 aromatic carbocycles. The first-order valence-electron chi connectivity index (χ1n) is 7.29. The summed E-state index contributed by atoms with van der Waals surface area (Å²) in [6.45, 7) is 5.51. The molecule has 24 heavy (non-hydrogen) atoms. The van der Waals surface area contributed by atoms with Crippen molar-refractivity contribution in [2.24, 2.45) is 11.1 Å². The Labute approximate surface area is 139 Å². The number of amides is 2. The zero-order valence-corrected chi connectivity index (χ0v) is 13.7. The maximum absolute atomic E-state index is 11.6. The molecule has 0 radical (unpaired) electrons. The second-order valence-electron chi connectivity index (χ2n) is 5.40. The lowest BCUT2D eigenvalue weighted by molar-refractivity contribution is -0.384. The molecule has 0 bridgehead atoms. The molecule has 0 unspecified atom stereocenters. The van der Waals surface area contributed by atoms with Crippen LogP contribution in [0.25, 0.3) is 0 Å². The van der Waals surface area contributed by atoms with Crippen molar-refractivity contribution in [1.29, 1.82) is 0 Å². The van der Waals surface area contributed by atoms with Crippen molar-refractivity contribution in [1.82, 2.24) is 5.32 Å². The molecular formula is C15H20N4O5. The Balaban J connectivity index is 2.40. The van der Waals surface area contributed by atoms with E-state index in [9.17, 15) is 19.7 Å². The monoisotopic (exact) mass is 336 g/mol. The number of carbonyl (C=O) groups is 2. The smallest absolute Gasteiger partial charge is 0.271 e. The third-order valence-electron chi connectivity index (χ3n) is 3.15. The first-order chi connectivity index (χ1) is 11.3. The second kappa shape index (κ2) is 9.23. The highest BCUT2D eigenvalue weighted by atomic mass is 16.6. The van der Waals surface area contributed by atoms with E-state index in [1.165, 1.54) is 24.3 Å². The van der Waals surface area contributed by atoms with Crippen LogP contribution in [0.15, 0.2) is 29.4 Å². The normalized spacial score (nSPS) is 12.0. The topological polar surface area (TPSA) is 123 Å². The summed E-state index contributed by atoms with van der Waals surface area (Å²) in [5, 5.41) is 19.1. The molecule has 0 saturated carbocycles. The second-order valence-corrected chi connectivity index (χ2v) is 5.40. The van der Waals surface area contributed by atoms with Crippen molar-refractivity contribution in [3.05, 3.63) is 34.4 Å². The molecule has 0 aromatic heterocycles. The van der Waals surface area contributed by atoms with E-state index in [4.69, 9.17) is 4.84 Å². The molecule has 0 aliphatic carbocycles. The lowest BCUT2D eigenvalue weighted by atomic mass is 10.1. The van der Waals surface area contributed by atoms with E-state index < -0.39 is 10.8 Å². The Morgan fingerprint density at radius 1 is 1.38 bits per heavy atom. The highest BCUT2D eigenvalue weighted by molar-refractivity contribution is 6.31. The van der Waals surface area contributed by atoms with Crippen LogP contribution in [-0.4, -0.2) is 35.6 Å². The van der Waals surface area contributed by atoms with E-state index >= 15 is 0 Å². The minimum Gasteiger partial charge on any atom is -0.386 e. The van der Waals surface area contributed by atoms with Gasteiger partial charge in [-0.15, -0.1) is 0 Å². The van der Waals surface area contributed by atoms with Gasteiger partial charge in [0.05, 0.1) is 4.92 Å². The van der Waals surface area contributed by atoms with Crippen molar-refractivity contribution in [3.8, 4) is 0 Å². The summed E-state index contributed by atoms with van der Waals surface area (Å²) in [4.78, 5) is 37.9. The van der Waals surface area contributed by atoms with E-state index in [1.807, 2.05) is 20.8 Å². The fraction of sp³-hybridized carbons (Fsp3) is 0.400. The van der Waals surface area contributed by atoms with Gasteiger partial charge < -0.3 is 15.5 Å². The van der Waals surface area contributed by atoms with Gasteiger partial charge in [0.1, 0.15) is 6.21 Å². The Kier molecular flexibility index (Phi) is 7.34. The van der Waals surface area contributed by atoms with Gasteiger partial charge in [0.25, 0.3) is 17.5 Å². The maximum atomic E-state index is 11.6. The van der Waals surface area contributed by atoms with Crippen molar-refractivity contribution in [3.63, 3.8) is 0 Å². The molecule has 0 aliphatic heterocycles. The largest absolute Gasteiger partial charge is 0.386 e. The number of nitrogens with one attached hydrogen (secondary N) is 2. The molecule has 2 N–H and O–H groups in total. The maximum Gasteiger partial charge on any atom is 0.271 e. The number of nitro groups is 1. The molecule has 0 saturated heterocycles. The minimum absolute atomic E-state index is 0.00208. The first kappa shape index (κ1) is 19.1. The lowest BCUT2D eigenvalue weighted by Crippen LogP contribution is -2.38. The molecule has 1 aromatic rings. The number of carbonyl (C=O) groups excluding carboxylic acids is 2. The van der Waals surface area contributed by atoms with Gasteiger partial charge in [0.2, 0.25) is 0 Å². The lowest BCUT2D eigenvalue weighted by Gasteiger charge is -2.16. The molecule has 9 heteroatoms.